The number of likely N-dealkylation sites (tertiary alicyclic amines) is 1. The van der Waals surface area contributed by atoms with Crippen molar-refractivity contribution in [3.05, 3.63) is 34.4 Å². The zero-order chi connectivity index (χ0) is 17.8. The third kappa shape index (κ3) is 4.16. The van der Waals surface area contributed by atoms with Gasteiger partial charge in [0, 0.05) is 30.3 Å². The van der Waals surface area contributed by atoms with E-state index in [4.69, 9.17) is 4.42 Å². The summed E-state index contributed by atoms with van der Waals surface area (Å²) in [6.07, 6.45) is 3.24. The molecule has 0 spiro atoms. The highest BCUT2D eigenvalue weighted by Gasteiger charge is 2.23. The first kappa shape index (κ1) is 17.4. The molecule has 2 aromatic rings. The Morgan fingerprint density at radius 1 is 1.44 bits per heavy atom. The predicted octanol–water partition coefficient (Wildman–Crippen LogP) is 3.14. The number of nitro benzene ring substituents is 1. The Hall–Kier alpha value is -2.42. The lowest BCUT2D eigenvalue weighted by molar-refractivity contribution is -0.384. The van der Waals surface area contributed by atoms with E-state index in [9.17, 15) is 14.9 Å². The van der Waals surface area contributed by atoms with Crippen molar-refractivity contribution in [3.63, 3.8) is 0 Å². The Balaban J connectivity index is 1.63. The lowest BCUT2D eigenvalue weighted by Gasteiger charge is -2.33. The average molecular weight is 362 g/mol. The summed E-state index contributed by atoms with van der Waals surface area (Å²) in [6, 6.07) is 6.27. The Morgan fingerprint density at radius 3 is 3.04 bits per heavy atom. The minimum atomic E-state index is -0.478. The van der Waals surface area contributed by atoms with Crippen LogP contribution in [-0.4, -0.2) is 44.3 Å². The fourth-order valence-electron chi connectivity index (χ4n) is 2.81. The molecule has 1 aromatic carbocycles. The van der Waals surface area contributed by atoms with Crippen LogP contribution in [0.5, 0.6) is 0 Å². The summed E-state index contributed by atoms with van der Waals surface area (Å²) >= 11 is 1.18. The van der Waals surface area contributed by atoms with E-state index in [1.54, 1.807) is 12.1 Å². The second-order valence-electron chi connectivity index (χ2n) is 5.90. The van der Waals surface area contributed by atoms with E-state index in [-0.39, 0.29) is 34.5 Å². The SMILES string of the molecule is C[C@H]1CCCCN1C(=O)CSc1nnc(-c2cccc([N+](=O)[O-])c2)o1. The summed E-state index contributed by atoms with van der Waals surface area (Å²) in [5.41, 5.74) is 0.434. The van der Waals surface area contributed by atoms with Gasteiger partial charge in [-0.3, -0.25) is 14.9 Å². The van der Waals surface area contributed by atoms with Gasteiger partial charge in [0.25, 0.3) is 10.9 Å². The van der Waals surface area contributed by atoms with Crippen LogP contribution >= 0.6 is 11.8 Å². The summed E-state index contributed by atoms with van der Waals surface area (Å²) in [6.45, 7) is 2.86. The minimum Gasteiger partial charge on any atom is -0.411 e. The second-order valence-corrected chi connectivity index (χ2v) is 6.83. The van der Waals surface area contributed by atoms with E-state index >= 15 is 0 Å². The second kappa shape index (κ2) is 7.64. The highest BCUT2D eigenvalue weighted by molar-refractivity contribution is 7.99. The van der Waals surface area contributed by atoms with Gasteiger partial charge in [-0.15, -0.1) is 10.2 Å². The van der Waals surface area contributed by atoms with Crippen LogP contribution in [0, 0.1) is 10.1 Å². The largest absolute Gasteiger partial charge is 0.411 e. The molecule has 1 fully saturated rings. The summed E-state index contributed by atoms with van der Waals surface area (Å²) in [7, 11) is 0. The van der Waals surface area contributed by atoms with E-state index < -0.39 is 4.92 Å². The molecule has 25 heavy (non-hydrogen) atoms. The average Bonchev–Trinajstić information content (AvgIpc) is 3.09. The summed E-state index contributed by atoms with van der Waals surface area (Å²) < 4.78 is 5.52. The van der Waals surface area contributed by atoms with E-state index in [1.165, 1.54) is 23.9 Å². The zero-order valence-electron chi connectivity index (χ0n) is 13.8. The molecular weight excluding hydrogens is 344 g/mol. The Labute approximate surface area is 148 Å². The smallest absolute Gasteiger partial charge is 0.277 e. The molecule has 1 amide bonds. The number of hydrogen-bond donors (Lipinski definition) is 0. The molecule has 1 aromatic heterocycles. The van der Waals surface area contributed by atoms with Gasteiger partial charge in [0.1, 0.15) is 0 Å². The van der Waals surface area contributed by atoms with E-state index in [2.05, 4.69) is 17.1 Å². The van der Waals surface area contributed by atoms with E-state index in [1.807, 2.05) is 4.90 Å². The molecule has 2 heterocycles. The molecule has 0 aliphatic carbocycles. The van der Waals surface area contributed by atoms with Crippen LogP contribution in [0.25, 0.3) is 11.5 Å². The molecule has 1 aliphatic heterocycles. The standard InChI is InChI=1S/C16H18N4O4S/c1-11-5-2-3-8-19(11)14(21)10-25-16-18-17-15(24-16)12-6-4-7-13(9-12)20(22)23/h4,6-7,9,11H,2-3,5,8,10H2,1H3/t11-/m0/s1. The quantitative estimate of drug-likeness (QED) is 0.457. The zero-order valence-corrected chi connectivity index (χ0v) is 14.6. The van der Waals surface area contributed by atoms with Gasteiger partial charge in [0.15, 0.2) is 0 Å². The summed E-state index contributed by atoms with van der Waals surface area (Å²) in [4.78, 5) is 24.6. The number of piperidine rings is 1. The van der Waals surface area contributed by atoms with Crippen molar-refractivity contribution in [1.82, 2.24) is 15.1 Å². The van der Waals surface area contributed by atoms with Crippen molar-refractivity contribution in [1.29, 1.82) is 0 Å². The Morgan fingerprint density at radius 2 is 2.28 bits per heavy atom. The third-order valence-electron chi connectivity index (χ3n) is 4.15. The maximum atomic E-state index is 12.3. The molecule has 0 bridgehead atoms. The van der Waals surface area contributed by atoms with Gasteiger partial charge < -0.3 is 9.32 Å². The van der Waals surface area contributed by atoms with Crippen molar-refractivity contribution in [2.24, 2.45) is 0 Å². The van der Waals surface area contributed by atoms with Crippen LogP contribution in [-0.2, 0) is 4.79 Å². The molecule has 8 nitrogen and oxygen atoms in total. The van der Waals surface area contributed by atoms with Crippen LogP contribution in [0.1, 0.15) is 26.2 Å². The predicted molar refractivity (Wildman–Crippen MR) is 92.1 cm³/mol. The highest BCUT2D eigenvalue weighted by atomic mass is 32.2. The van der Waals surface area contributed by atoms with Crippen LogP contribution in [0.4, 0.5) is 5.69 Å². The molecule has 3 rings (SSSR count). The van der Waals surface area contributed by atoms with Crippen LogP contribution in [0.3, 0.4) is 0 Å². The molecule has 0 radical (unpaired) electrons. The number of amides is 1. The molecule has 1 aliphatic rings. The number of aromatic nitrogens is 2. The Bertz CT molecular complexity index is 779. The van der Waals surface area contributed by atoms with Gasteiger partial charge >= 0.3 is 0 Å². The third-order valence-corrected chi connectivity index (χ3v) is 4.96. The number of carbonyl (C=O) groups is 1. The minimum absolute atomic E-state index is 0.0424. The number of thioether (sulfide) groups is 1. The van der Waals surface area contributed by atoms with Crippen LogP contribution in [0.15, 0.2) is 33.9 Å². The monoisotopic (exact) mass is 362 g/mol. The first-order valence-corrected chi connectivity index (χ1v) is 9.04. The lowest BCUT2D eigenvalue weighted by atomic mass is 10.0. The van der Waals surface area contributed by atoms with Gasteiger partial charge in [-0.2, -0.15) is 0 Å². The van der Waals surface area contributed by atoms with Crippen molar-refractivity contribution < 1.29 is 14.1 Å². The molecular formula is C16H18N4O4S. The van der Waals surface area contributed by atoms with Crippen molar-refractivity contribution in [2.45, 2.75) is 37.5 Å². The normalized spacial score (nSPS) is 17.5. The maximum Gasteiger partial charge on any atom is 0.277 e. The number of carbonyl (C=O) groups excluding carboxylic acids is 1. The number of nitro groups is 1. The molecule has 1 saturated heterocycles. The van der Waals surface area contributed by atoms with Gasteiger partial charge in [-0.05, 0) is 32.3 Å². The van der Waals surface area contributed by atoms with Gasteiger partial charge in [0.05, 0.1) is 10.7 Å². The number of non-ortho nitro benzene ring substituents is 1. The van der Waals surface area contributed by atoms with Crippen molar-refractivity contribution >= 4 is 23.4 Å². The number of nitrogens with zero attached hydrogens (tertiary/aromatic N) is 4. The molecule has 0 saturated carbocycles. The number of rotatable bonds is 5. The molecule has 0 N–H and O–H groups in total. The summed E-state index contributed by atoms with van der Waals surface area (Å²) in [5, 5.41) is 18.9. The van der Waals surface area contributed by atoms with Crippen LogP contribution in [0.2, 0.25) is 0 Å². The first-order chi connectivity index (χ1) is 12.0. The highest BCUT2D eigenvalue weighted by Crippen LogP contribution is 2.26. The number of benzene rings is 1. The maximum absolute atomic E-state index is 12.3. The fraction of sp³-hybridized carbons (Fsp3) is 0.438. The van der Waals surface area contributed by atoms with Gasteiger partial charge in [0.2, 0.25) is 11.8 Å². The molecule has 9 heteroatoms. The Kier molecular flexibility index (Phi) is 5.32. The topological polar surface area (TPSA) is 102 Å². The first-order valence-electron chi connectivity index (χ1n) is 8.05. The molecule has 132 valence electrons. The van der Waals surface area contributed by atoms with E-state index in [0.29, 0.717) is 5.56 Å². The van der Waals surface area contributed by atoms with Gasteiger partial charge in [-0.25, -0.2) is 0 Å². The summed E-state index contributed by atoms with van der Waals surface area (Å²) in [5.74, 6) is 0.498. The van der Waals surface area contributed by atoms with Crippen molar-refractivity contribution in [3.8, 4) is 11.5 Å². The van der Waals surface area contributed by atoms with Crippen molar-refractivity contribution in [2.75, 3.05) is 12.3 Å². The molecule has 0 unspecified atom stereocenters. The lowest BCUT2D eigenvalue weighted by Crippen LogP contribution is -2.42. The van der Waals surface area contributed by atoms with Gasteiger partial charge in [-0.1, -0.05) is 17.8 Å². The number of hydrogen-bond acceptors (Lipinski definition) is 7. The van der Waals surface area contributed by atoms with E-state index in [0.717, 1.165) is 25.8 Å². The van der Waals surface area contributed by atoms with Crippen LogP contribution < -0.4 is 0 Å². The molecule has 1 atom stereocenters. The fourth-order valence-corrected chi connectivity index (χ4v) is 3.46.